The summed E-state index contributed by atoms with van der Waals surface area (Å²) in [4.78, 5) is 54.2. The molecule has 2 amide bonds. The number of fused-ring (bicyclic) bond motifs is 3. The van der Waals surface area contributed by atoms with Crippen molar-refractivity contribution in [1.82, 2.24) is 4.90 Å². The summed E-state index contributed by atoms with van der Waals surface area (Å²) >= 11 is 3.16. The van der Waals surface area contributed by atoms with E-state index in [0.29, 0.717) is 11.3 Å². The zero-order valence-electron chi connectivity index (χ0n) is 22.1. The van der Waals surface area contributed by atoms with Gasteiger partial charge in [0, 0.05) is 31.3 Å². The molecule has 0 aromatic heterocycles. The standard InChI is InChI=1S/C26H31BrN4O8/c1-9(27)25(38)29-13-8-14(30(2)3)11-6-10-7-12-18(31(4)5)21(34)17(24(28)37)23(36)26(12,39)22(35)15(10)20(33)16(11)19(13)32/h8-10,12,18,32-33,36,39H,6-7H2,1-5H3,(H2,28,37)(H,29,38)/t9?,10?,12?,18-,26-/m0/s1. The molecule has 0 bridgehead atoms. The maximum Gasteiger partial charge on any atom is 0.255 e. The number of alkyl halides is 1. The number of ketones is 2. The zero-order chi connectivity index (χ0) is 29.3. The van der Waals surface area contributed by atoms with Crippen LogP contribution < -0.4 is 16.0 Å². The van der Waals surface area contributed by atoms with Crippen LogP contribution in [0.4, 0.5) is 11.4 Å². The van der Waals surface area contributed by atoms with E-state index in [0.717, 1.165) is 0 Å². The number of phenols is 1. The van der Waals surface area contributed by atoms with E-state index in [1.54, 1.807) is 46.1 Å². The van der Waals surface area contributed by atoms with Crippen LogP contribution >= 0.6 is 15.9 Å². The molecule has 0 heterocycles. The normalized spacial score (nSPS) is 27.1. The first-order valence-corrected chi connectivity index (χ1v) is 13.1. The molecule has 0 saturated heterocycles. The second kappa shape index (κ2) is 9.65. The molecule has 1 aromatic rings. The lowest BCUT2D eigenvalue weighted by molar-refractivity contribution is -0.153. The largest absolute Gasteiger partial charge is 0.508 e. The number of halogens is 1. The van der Waals surface area contributed by atoms with Gasteiger partial charge in [-0.15, -0.1) is 0 Å². The number of aliphatic hydroxyl groups excluding tert-OH is 2. The minimum absolute atomic E-state index is 0.00566. The number of nitrogens with one attached hydrogen (secondary N) is 1. The minimum Gasteiger partial charge on any atom is -0.508 e. The van der Waals surface area contributed by atoms with E-state index < -0.39 is 74.5 Å². The molecule has 1 aromatic carbocycles. The van der Waals surface area contributed by atoms with E-state index in [1.165, 1.54) is 4.90 Å². The van der Waals surface area contributed by atoms with Crippen molar-refractivity contribution in [3.05, 3.63) is 34.1 Å². The Morgan fingerprint density at radius 3 is 2.31 bits per heavy atom. The molecule has 39 heavy (non-hydrogen) atoms. The predicted octanol–water partition coefficient (Wildman–Crippen LogP) is 0.752. The number of aliphatic hydroxyl groups is 3. The highest BCUT2D eigenvalue weighted by Gasteiger charge is 2.64. The van der Waals surface area contributed by atoms with Crippen molar-refractivity contribution in [1.29, 1.82) is 0 Å². The third kappa shape index (κ3) is 4.10. The SMILES string of the molecule is CC(Br)C(=O)Nc1cc(N(C)C)c2c(c1O)C(O)=C1C(=O)[C@]3(O)C(O)=C(C(N)=O)C(=O)[C@@H](N(C)C)C3CC1C2. The number of carbonyl (C=O) groups excluding carboxylic acids is 4. The van der Waals surface area contributed by atoms with Gasteiger partial charge in [0.15, 0.2) is 11.4 Å². The lowest BCUT2D eigenvalue weighted by atomic mass is 9.57. The first-order valence-electron chi connectivity index (χ1n) is 12.2. The van der Waals surface area contributed by atoms with Gasteiger partial charge < -0.3 is 36.4 Å². The van der Waals surface area contributed by atoms with Crippen molar-refractivity contribution in [2.45, 2.75) is 36.2 Å². The number of nitrogens with zero attached hydrogens (tertiary/aromatic N) is 2. The van der Waals surface area contributed by atoms with E-state index in [1.807, 2.05) is 0 Å². The number of nitrogens with two attached hydrogens (primary N) is 1. The van der Waals surface area contributed by atoms with E-state index in [2.05, 4.69) is 21.2 Å². The van der Waals surface area contributed by atoms with Crippen molar-refractivity contribution in [3.8, 4) is 5.75 Å². The van der Waals surface area contributed by atoms with Gasteiger partial charge in [0.1, 0.15) is 22.8 Å². The van der Waals surface area contributed by atoms with Gasteiger partial charge >= 0.3 is 0 Å². The summed E-state index contributed by atoms with van der Waals surface area (Å²) in [5.74, 6) is -7.79. The molecule has 210 valence electrons. The average Bonchev–Trinajstić information content (AvgIpc) is 2.82. The highest BCUT2D eigenvalue weighted by molar-refractivity contribution is 9.10. The molecule has 5 atom stereocenters. The first kappa shape index (κ1) is 28.6. The number of hydrogen-bond donors (Lipinski definition) is 6. The van der Waals surface area contributed by atoms with Gasteiger partial charge in [-0.2, -0.15) is 0 Å². The summed E-state index contributed by atoms with van der Waals surface area (Å²) < 4.78 is 0. The molecule has 3 unspecified atom stereocenters. The summed E-state index contributed by atoms with van der Waals surface area (Å²) in [6.45, 7) is 1.59. The number of phenolic OH excluding ortho intramolecular Hbond substituents is 1. The van der Waals surface area contributed by atoms with E-state index in [9.17, 15) is 39.6 Å². The van der Waals surface area contributed by atoms with Gasteiger partial charge in [0.25, 0.3) is 5.91 Å². The Labute approximate surface area is 232 Å². The number of hydrogen-bond acceptors (Lipinski definition) is 10. The Morgan fingerprint density at radius 2 is 1.79 bits per heavy atom. The fourth-order valence-corrected chi connectivity index (χ4v) is 6.13. The summed E-state index contributed by atoms with van der Waals surface area (Å²) in [7, 11) is 6.56. The number of amides is 2. The maximum atomic E-state index is 14.0. The van der Waals surface area contributed by atoms with Crippen LogP contribution in [0.15, 0.2) is 23.0 Å². The third-order valence-electron chi connectivity index (χ3n) is 7.80. The Bertz CT molecular complexity index is 1380. The molecule has 3 aliphatic rings. The van der Waals surface area contributed by atoms with Gasteiger partial charge in [0.05, 0.1) is 22.1 Å². The van der Waals surface area contributed by atoms with Crippen LogP contribution in [-0.2, 0) is 25.6 Å². The summed E-state index contributed by atoms with van der Waals surface area (Å²) in [6.07, 6.45) is 0.123. The zero-order valence-corrected chi connectivity index (χ0v) is 23.7. The molecular formula is C26H31BrN4O8. The molecule has 4 rings (SSSR count). The second-order valence-corrected chi connectivity index (χ2v) is 12.0. The van der Waals surface area contributed by atoms with Crippen LogP contribution in [0.25, 0.3) is 5.76 Å². The van der Waals surface area contributed by atoms with Gasteiger partial charge in [-0.1, -0.05) is 15.9 Å². The van der Waals surface area contributed by atoms with Crippen molar-refractivity contribution in [3.63, 3.8) is 0 Å². The molecule has 1 saturated carbocycles. The topological polar surface area (TPSA) is 194 Å². The van der Waals surface area contributed by atoms with Crippen LogP contribution in [0.1, 0.15) is 24.5 Å². The van der Waals surface area contributed by atoms with E-state index in [4.69, 9.17) is 5.73 Å². The summed E-state index contributed by atoms with van der Waals surface area (Å²) in [5, 5.41) is 47.8. The Morgan fingerprint density at radius 1 is 1.18 bits per heavy atom. The Balaban J connectivity index is 1.98. The molecule has 13 heteroatoms. The van der Waals surface area contributed by atoms with Crippen molar-refractivity contribution in [2.75, 3.05) is 38.4 Å². The van der Waals surface area contributed by atoms with Gasteiger partial charge in [0.2, 0.25) is 11.7 Å². The van der Waals surface area contributed by atoms with Crippen molar-refractivity contribution < 1.29 is 39.6 Å². The highest BCUT2D eigenvalue weighted by atomic mass is 79.9. The summed E-state index contributed by atoms with van der Waals surface area (Å²) in [6, 6.07) is 0.397. The molecular weight excluding hydrogens is 576 g/mol. The van der Waals surface area contributed by atoms with Crippen LogP contribution in [0.5, 0.6) is 5.75 Å². The third-order valence-corrected chi connectivity index (χ3v) is 8.21. The van der Waals surface area contributed by atoms with Gasteiger partial charge in [-0.25, -0.2) is 0 Å². The number of likely N-dealkylation sites (N-methyl/N-ethyl adjacent to an activating group) is 1. The molecule has 7 N–H and O–H groups in total. The smallest absolute Gasteiger partial charge is 0.255 e. The van der Waals surface area contributed by atoms with Crippen LogP contribution in [0, 0.1) is 11.8 Å². The quantitative estimate of drug-likeness (QED) is 0.158. The number of aromatic hydroxyl groups is 1. The number of primary amides is 1. The van der Waals surface area contributed by atoms with Crippen LogP contribution in [-0.4, -0.2) is 93.4 Å². The molecule has 3 aliphatic carbocycles. The fourth-order valence-electron chi connectivity index (χ4n) is 6.02. The van der Waals surface area contributed by atoms with Crippen molar-refractivity contribution >= 4 is 56.4 Å². The first-order chi connectivity index (χ1) is 18.0. The maximum absolute atomic E-state index is 14.0. The molecule has 1 fully saturated rings. The number of carbonyl (C=O) groups is 4. The number of anilines is 2. The molecule has 0 spiro atoms. The lowest BCUT2D eigenvalue weighted by Gasteiger charge is -2.50. The Hall–Kier alpha value is -3.42. The predicted molar refractivity (Wildman–Crippen MR) is 146 cm³/mol. The van der Waals surface area contributed by atoms with E-state index >= 15 is 0 Å². The minimum atomic E-state index is -2.72. The summed E-state index contributed by atoms with van der Waals surface area (Å²) in [5.41, 5.74) is 2.43. The lowest BCUT2D eigenvalue weighted by Crippen LogP contribution is -2.65. The van der Waals surface area contributed by atoms with Crippen LogP contribution in [0.2, 0.25) is 0 Å². The van der Waals surface area contributed by atoms with Gasteiger partial charge in [-0.05, 0) is 51.4 Å². The Kier molecular flexibility index (Phi) is 7.07. The average molecular weight is 607 g/mol. The van der Waals surface area contributed by atoms with E-state index in [-0.39, 0.29) is 29.7 Å². The van der Waals surface area contributed by atoms with Crippen LogP contribution in [0.3, 0.4) is 0 Å². The second-order valence-electron chi connectivity index (χ2n) is 10.6. The molecule has 0 radical (unpaired) electrons. The number of Topliss-reactive ketones (excluding diaryl/α,β-unsaturated/α-hetero) is 2. The number of benzene rings is 1. The molecule has 0 aliphatic heterocycles. The van der Waals surface area contributed by atoms with Gasteiger partial charge in [-0.3, -0.25) is 24.1 Å². The fraction of sp³-hybridized carbons (Fsp3) is 0.462. The monoisotopic (exact) mass is 606 g/mol. The highest BCUT2D eigenvalue weighted by Crippen LogP contribution is 2.54. The number of rotatable bonds is 5. The van der Waals surface area contributed by atoms with Crippen molar-refractivity contribution in [2.24, 2.45) is 17.6 Å². The molecule has 12 nitrogen and oxygen atoms in total.